The van der Waals surface area contributed by atoms with Gasteiger partial charge in [0.05, 0.1) is 6.61 Å². The smallest absolute Gasteiger partial charge is 0.122 e. The number of halogens is 1. The minimum absolute atomic E-state index is 0.565. The summed E-state index contributed by atoms with van der Waals surface area (Å²) in [7, 11) is 1.66. The highest BCUT2D eigenvalue weighted by atomic mass is 79.9. The molecule has 0 saturated heterocycles. The second-order valence-electron chi connectivity index (χ2n) is 3.13. The molecule has 0 atom stereocenters. The molecule has 0 aliphatic carbocycles. The average Bonchev–Trinajstić information content (AvgIpc) is 2.22. The third-order valence-corrected chi connectivity index (χ3v) is 2.47. The molecule has 2 N–H and O–H groups in total. The number of methoxy groups -OCH3 is 1. The summed E-state index contributed by atoms with van der Waals surface area (Å²) in [5.74, 6) is 0.890. The molecule has 4 heteroatoms. The van der Waals surface area contributed by atoms with Crippen molar-refractivity contribution in [1.82, 2.24) is 0 Å². The van der Waals surface area contributed by atoms with Crippen molar-refractivity contribution in [3.8, 4) is 5.75 Å². The number of benzene rings is 1. The molecule has 1 aromatic carbocycles. The first kappa shape index (κ1) is 12.5. The summed E-state index contributed by atoms with van der Waals surface area (Å²) in [4.78, 5) is 0. The zero-order chi connectivity index (χ0) is 11.1. The van der Waals surface area contributed by atoms with Crippen molar-refractivity contribution < 1.29 is 9.47 Å². The lowest BCUT2D eigenvalue weighted by molar-refractivity contribution is 0.146. The molecule has 1 aromatic rings. The van der Waals surface area contributed by atoms with Gasteiger partial charge in [0.25, 0.3) is 0 Å². The molecule has 15 heavy (non-hydrogen) atoms. The molecule has 0 aliphatic heterocycles. The molecule has 0 aliphatic rings. The molecule has 0 spiro atoms. The topological polar surface area (TPSA) is 44.5 Å². The van der Waals surface area contributed by atoms with Gasteiger partial charge >= 0.3 is 0 Å². The summed E-state index contributed by atoms with van der Waals surface area (Å²) in [5, 5.41) is 0. The molecule has 3 nitrogen and oxygen atoms in total. The second kappa shape index (κ2) is 6.82. The van der Waals surface area contributed by atoms with Gasteiger partial charge in [-0.2, -0.15) is 0 Å². The monoisotopic (exact) mass is 273 g/mol. The number of hydrogen-bond acceptors (Lipinski definition) is 3. The van der Waals surface area contributed by atoms with Gasteiger partial charge in [0.15, 0.2) is 0 Å². The highest BCUT2D eigenvalue weighted by Gasteiger charge is 2.03. The Morgan fingerprint density at radius 2 is 2.13 bits per heavy atom. The van der Waals surface area contributed by atoms with Crippen molar-refractivity contribution in [2.24, 2.45) is 5.73 Å². The maximum atomic E-state index is 5.58. The average molecular weight is 274 g/mol. The highest BCUT2D eigenvalue weighted by Crippen LogP contribution is 2.23. The van der Waals surface area contributed by atoms with Gasteiger partial charge in [-0.3, -0.25) is 0 Å². The Hall–Kier alpha value is -0.580. The number of ether oxygens (including phenoxy) is 2. The molecule has 1 rings (SSSR count). The van der Waals surface area contributed by atoms with Gasteiger partial charge in [0, 0.05) is 11.6 Å². The third kappa shape index (κ3) is 4.20. The molecule has 0 amide bonds. The van der Waals surface area contributed by atoms with E-state index in [-0.39, 0.29) is 0 Å². The van der Waals surface area contributed by atoms with Crippen molar-refractivity contribution in [3.63, 3.8) is 0 Å². The molecule has 0 fully saturated rings. The summed E-state index contributed by atoms with van der Waals surface area (Å²) in [6.45, 7) is 1.78. The van der Waals surface area contributed by atoms with E-state index >= 15 is 0 Å². The highest BCUT2D eigenvalue weighted by molar-refractivity contribution is 9.10. The lowest BCUT2D eigenvalue weighted by Crippen LogP contribution is -2.08. The van der Waals surface area contributed by atoms with E-state index in [0.29, 0.717) is 19.8 Å². The lowest BCUT2D eigenvalue weighted by atomic mass is 10.1. The molecule has 0 unspecified atom stereocenters. The molecule has 0 heterocycles. The van der Waals surface area contributed by atoms with E-state index in [1.807, 2.05) is 18.2 Å². The van der Waals surface area contributed by atoms with Crippen LogP contribution in [-0.2, 0) is 11.2 Å². The van der Waals surface area contributed by atoms with Gasteiger partial charge in [-0.25, -0.2) is 0 Å². The van der Waals surface area contributed by atoms with Crippen molar-refractivity contribution in [2.45, 2.75) is 6.42 Å². The van der Waals surface area contributed by atoms with Crippen LogP contribution >= 0.6 is 15.9 Å². The molecule has 0 aromatic heterocycles. The van der Waals surface area contributed by atoms with Crippen molar-refractivity contribution in [1.29, 1.82) is 0 Å². The van der Waals surface area contributed by atoms with Crippen LogP contribution in [-0.4, -0.2) is 26.9 Å². The molecule has 84 valence electrons. The second-order valence-corrected chi connectivity index (χ2v) is 4.05. The summed E-state index contributed by atoms with van der Waals surface area (Å²) in [6, 6.07) is 5.95. The predicted molar refractivity (Wildman–Crippen MR) is 64.3 cm³/mol. The zero-order valence-corrected chi connectivity index (χ0v) is 10.4. The first-order chi connectivity index (χ1) is 7.27. The van der Waals surface area contributed by atoms with Crippen LogP contribution in [0, 0.1) is 0 Å². The van der Waals surface area contributed by atoms with E-state index in [1.165, 1.54) is 0 Å². The van der Waals surface area contributed by atoms with E-state index in [1.54, 1.807) is 7.11 Å². The summed E-state index contributed by atoms with van der Waals surface area (Å²) >= 11 is 3.43. The Labute approximate surface area is 98.7 Å². The van der Waals surface area contributed by atoms with Crippen molar-refractivity contribution in [3.05, 3.63) is 28.2 Å². The summed E-state index contributed by atoms with van der Waals surface area (Å²) in [5.41, 5.74) is 6.67. The Balaban J connectivity index is 2.67. The molecular formula is C11H16BrNO2. The van der Waals surface area contributed by atoms with Crippen LogP contribution in [0.5, 0.6) is 5.75 Å². The zero-order valence-electron chi connectivity index (χ0n) is 8.83. The Kier molecular flexibility index (Phi) is 5.68. The minimum atomic E-state index is 0.565. The van der Waals surface area contributed by atoms with Crippen LogP contribution in [0.2, 0.25) is 0 Å². The van der Waals surface area contributed by atoms with Crippen LogP contribution in [0.3, 0.4) is 0 Å². The van der Waals surface area contributed by atoms with Crippen LogP contribution < -0.4 is 10.5 Å². The van der Waals surface area contributed by atoms with Gasteiger partial charge in [-0.05, 0) is 36.7 Å². The molecule has 0 radical (unpaired) electrons. The SMILES string of the molecule is COCCOc1ccc(Br)cc1CCN. The Bertz CT molecular complexity index is 305. The lowest BCUT2D eigenvalue weighted by Gasteiger charge is -2.11. The Morgan fingerprint density at radius 3 is 2.80 bits per heavy atom. The Morgan fingerprint density at radius 1 is 1.33 bits per heavy atom. The predicted octanol–water partition coefficient (Wildman–Crippen LogP) is 1.98. The van der Waals surface area contributed by atoms with Crippen LogP contribution in [0.1, 0.15) is 5.56 Å². The number of hydrogen-bond donors (Lipinski definition) is 1. The fourth-order valence-corrected chi connectivity index (χ4v) is 1.68. The largest absolute Gasteiger partial charge is 0.491 e. The molecular weight excluding hydrogens is 258 g/mol. The van der Waals surface area contributed by atoms with Crippen LogP contribution in [0.15, 0.2) is 22.7 Å². The maximum absolute atomic E-state index is 5.58. The fourth-order valence-electron chi connectivity index (χ4n) is 1.27. The third-order valence-electron chi connectivity index (χ3n) is 1.98. The van der Waals surface area contributed by atoms with Crippen molar-refractivity contribution >= 4 is 15.9 Å². The number of rotatable bonds is 6. The minimum Gasteiger partial charge on any atom is -0.491 e. The van der Waals surface area contributed by atoms with Crippen LogP contribution in [0.25, 0.3) is 0 Å². The summed E-state index contributed by atoms with van der Waals surface area (Å²) < 4.78 is 11.6. The molecule has 0 saturated carbocycles. The normalized spacial score (nSPS) is 10.3. The quantitative estimate of drug-likeness (QED) is 0.807. The van der Waals surface area contributed by atoms with Crippen LogP contribution in [0.4, 0.5) is 0 Å². The van der Waals surface area contributed by atoms with E-state index in [9.17, 15) is 0 Å². The summed E-state index contributed by atoms with van der Waals surface area (Å²) in [6.07, 6.45) is 0.821. The maximum Gasteiger partial charge on any atom is 0.122 e. The van der Waals surface area contributed by atoms with Gasteiger partial charge in [0.2, 0.25) is 0 Å². The number of nitrogens with two attached hydrogens (primary N) is 1. The van der Waals surface area contributed by atoms with E-state index in [2.05, 4.69) is 15.9 Å². The van der Waals surface area contributed by atoms with E-state index < -0.39 is 0 Å². The fraction of sp³-hybridized carbons (Fsp3) is 0.455. The van der Waals surface area contributed by atoms with Gasteiger partial charge in [-0.1, -0.05) is 15.9 Å². The standard InChI is InChI=1S/C11H16BrNO2/c1-14-6-7-15-11-3-2-10(12)8-9(11)4-5-13/h2-3,8H,4-7,13H2,1H3. The van der Waals surface area contributed by atoms with Gasteiger partial charge in [0.1, 0.15) is 12.4 Å². The molecule has 0 bridgehead atoms. The van der Waals surface area contributed by atoms with Gasteiger partial charge < -0.3 is 15.2 Å². The van der Waals surface area contributed by atoms with E-state index in [0.717, 1.165) is 22.2 Å². The first-order valence-electron chi connectivity index (χ1n) is 4.88. The first-order valence-corrected chi connectivity index (χ1v) is 5.67. The van der Waals surface area contributed by atoms with Gasteiger partial charge in [-0.15, -0.1) is 0 Å². The van der Waals surface area contributed by atoms with E-state index in [4.69, 9.17) is 15.2 Å². The van der Waals surface area contributed by atoms with Crippen molar-refractivity contribution in [2.75, 3.05) is 26.9 Å².